The van der Waals surface area contributed by atoms with Crippen molar-refractivity contribution in [2.75, 3.05) is 40.8 Å². The van der Waals surface area contributed by atoms with Gasteiger partial charge in [-0.05, 0) is 71.2 Å². The minimum Gasteiger partial charge on any atom is -0.323 e. The fourth-order valence-electron chi connectivity index (χ4n) is 2.18. The number of benzene rings is 1. The Kier molecular flexibility index (Phi) is 6.49. The van der Waals surface area contributed by atoms with Crippen molar-refractivity contribution in [1.29, 1.82) is 0 Å². The van der Waals surface area contributed by atoms with E-state index in [-0.39, 0.29) is 6.04 Å². The normalized spacial score (nSPS) is 13.3. The first-order valence-corrected chi connectivity index (χ1v) is 7.06. The zero-order valence-electron chi connectivity index (χ0n) is 13.1. The topological polar surface area (TPSA) is 32.5 Å². The van der Waals surface area contributed by atoms with Gasteiger partial charge in [-0.25, -0.2) is 0 Å². The van der Waals surface area contributed by atoms with Gasteiger partial charge in [0.05, 0.1) is 0 Å². The molecule has 1 atom stereocenters. The molecule has 0 saturated carbocycles. The van der Waals surface area contributed by atoms with E-state index < -0.39 is 0 Å². The summed E-state index contributed by atoms with van der Waals surface area (Å²) in [6, 6.07) is 6.63. The first-order valence-electron chi connectivity index (χ1n) is 7.06. The maximum atomic E-state index is 6.29. The smallest absolute Gasteiger partial charge is 0.0424 e. The quantitative estimate of drug-likeness (QED) is 0.818. The molecule has 0 spiro atoms. The summed E-state index contributed by atoms with van der Waals surface area (Å²) in [4.78, 5) is 4.54. The summed E-state index contributed by atoms with van der Waals surface area (Å²) in [7, 11) is 6.37. The van der Waals surface area contributed by atoms with Crippen molar-refractivity contribution < 1.29 is 0 Å². The van der Waals surface area contributed by atoms with Gasteiger partial charge in [-0.2, -0.15) is 0 Å². The lowest BCUT2D eigenvalue weighted by atomic mass is 10.0. The maximum absolute atomic E-state index is 6.29. The average molecular weight is 263 g/mol. The van der Waals surface area contributed by atoms with Gasteiger partial charge in [0.2, 0.25) is 0 Å². The number of hydrogen-bond donors (Lipinski definition) is 1. The molecular formula is C16H29N3. The molecule has 1 unspecified atom stereocenters. The predicted octanol–water partition coefficient (Wildman–Crippen LogP) is 2.19. The largest absolute Gasteiger partial charge is 0.323 e. The van der Waals surface area contributed by atoms with Crippen LogP contribution < -0.4 is 5.73 Å². The molecule has 0 saturated heterocycles. The highest BCUT2D eigenvalue weighted by Gasteiger charge is 2.10. The summed E-state index contributed by atoms with van der Waals surface area (Å²) >= 11 is 0. The van der Waals surface area contributed by atoms with E-state index >= 15 is 0 Å². The molecule has 3 nitrogen and oxygen atoms in total. The Bertz CT molecular complexity index is 388. The van der Waals surface area contributed by atoms with Gasteiger partial charge in [0.15, 0.2) is 0 Å². The average Bonchev–Trinajstić information content (AvgIpc) is 2.32. The molecule has 0 radical (unpaired) electrons. The minimum atomic E-state index is 0.101. The molecule has 0 amide bonds. The van der Waals surface area contributed by atoms with Crippen LogP contribution in [0.4, 0.5) is 0 Å². The maximum Gasteiger partial charge on any atom is 0.0424 e. The van der Waals surface area contributed by atoms with E-state index in [1.807, 2.05) is 0 Å². The molecule has 19 heavy (non-hydrogen) atoms. The number of nitrogens with zero attached hydrogens (tertiary/aromatic N) is 2. The highest BCUT2D eigenvalue weighted by molar-refractivity contribution is 5.31. The van der Waals surface area contributed by atoms with Gasteiger partial charge < -0.3 is 15.5 Å². The Hall–Kier alpha value is -0.900. The van der Waals surface area contributed by atoms with E-state index in [4.69, 9.17) is 5.73 Å². The third-order valence-corrected chi connectivity index (χ3v) is 3.61. The standard InChI is InChI=1S/C16H29N3/c1-13-7-8-15(11-14(13)2)16(17)12-19(5)10-6-9-18(3)4/h7-8,11,16H,6,9-10,12,17H2,1-5H3. The van der Waals surface area contributed by atoms with Crippen LogP contribution in [-0.4, -0.2) is 50.6 Å². The van der Waals surface area contributed by atoms with Crippen molar-refractivity contribution in [3.05, 3.63) is 34.9 Å². The van der Waals surface area contributed by atoms with Gasteiger partial charge >= 0.3 is 0 Å². The van der Waals surface area contributed by atoms with Crippen molar-refractivity contribution in [2.45, 2.75) is 26.3 Å². The van der Waals surface area contributed by atoms with Gasteiger partial charge in [-0.15, -0.1) is 0 Å². The van der Waals surface area contributed by atoms with Gasteiger partial charge in [-0.1, -0.05) is 18.2 Å². The highest BCUT2D eigenvalue weighted by atomic mass is 15.1. The van der Waals surface area contributed by atoms with Crippen molar-refractivity contribution in [1.82, 2.24) is 9.80 Å². The van der Waals surface area contributed by atoms with E-state index in [9.17, 15) is 0 Å². The molecule has 3 heteroatoms. The zero-order chi connectivity index (χ0) is 14.4. The third-order valence-electron chi connectivity index (χ3n) is 3.61. The summed E-state index contributed by atoms with van der Waals surface area (Å²) in [6.45, 7) is 7.42. The van der Waals surface area contributed by atoms with Crippen LogP contribution in [0.3, 0.4) is 0 Å². The van der Waals surface area contributed by atoms with E-state index in [2.05, 4.69) is 63.0 Å². The third kappa shape index (κ3) is 5.72. The Morgan fingerprint density at radius 2 is 1.74 bits per heavy atom. The molecule has 0 aliphatic carbocycles. The Morgan fingerprint density at radius 3 is 2.32 bits per heavy atom. The lowest BCUT2D eigenvalue weighted by Gasteiger charge is -2.22. The van der Waals surface area contributed by atoms with E-state index in [0.717, 1.165) is 19.6 Å². The fourth-order valence-corrected chi connectivity index (χ4v) is 2.18. The molecule has 0 aliphatic rings. The van der Waals surface area contributed by atoms with Gasteiger partial charge in [0, 0.05) is 12.6 Å². The van der Waals surface area contributed by atoms with Crippen molar-refractivity contribution in [3.63, 3.8) is 0 Å². The molecule has 108 valence electrons. The summed E-state index contributed by atoms with van der Waals surface area (Å²) in [6.07, 6.45) is 1.18. The Morgan fingerprint density at radius 1 is 1.05 bits per heavy atom. The zero-order valence-corrected chi connectivity index (χ0v) is 13.1. The number of nitrogens with two attached hydrogens (primary N) is 1. The SMILES string of the molecule is Cc1ccc(C(N)CN(C)CCCN(C)C)cc1C. The summed E-state index contributed by atoms with van der Waals surface area (Å²) < 4.78 is 0. The summed E-state index contributed by atoms with van der Waals surface area (Å²) in [5, 5.41) is 0. The van der Waals surface area contributed by atoms with E-state index in [1.54, 1.807) is 0 Å². The molecule has 2 N–H and O–H groups in total. The molecule has 0 bridgehead atoms. The predicted molar refractivity (Wildman–Crippen MR) is 83.5 cm³/mol. The van der Waals surface area contributed by atoms with Crippen LogP contribution in [0, 0.1) is 13.8 Å². The second kappa shape index (κ2) is 7.63. The fraction of sp³-hybridized carbons (Fsp3) is 0.625. The second-order valence-corrected chi connectivity index (χ2v) is 5.87. The first-order chi connectivity index (χ1) is 8.90. The lowest BCUT2D eigenvalue weighted by molar-refractivity contribution is 0.286. The van der Waals surface area contributed by atoms with Gasteiger partial charge in [-0.3, -0.25) is 0 Å². The van der Waals surface area contributed by atoms with Crippen LogP contribution in [-0.2, 0) is 0 Å². The molecule has 1 rings (SSSR count). The molecule has 1 aromatic rings. The number of rotatable bonds is 7. The molecule has 1 aromatic carbocycles. The second-order valence-electron chi connectivity index (χ2n) is 5.87. The molecule has 0 fully saturated rings. The molecular weight excluding hydrogens is 234 g/mol. The van der Waals surface area contributed by atoms with E-state index in [1.165, 1.54) is 23.1 Å². The van der Waals surface area contributed by atoms with Crippen LogP contribution in [0.15, 0.2) is 18.2 Å². The highest BCUT2D eigenvalue weighted by Crippen LogP contribution is 2.16. The van der Waals surface area contributed by atoms with Crippen LogP contribution in [0.2, 0.25) is 0 Å². The van der Waals surface area contributed by atoms with Crippen molar-refractivity contribution >= 4 is 0 Å². The summed E-state index contributed by atoms with van der Waals surface area (Å²) in [5.41, 5.74) is 10.2. The number of likely N-dealkylation sites (N-methyl/N-ethyl adjacent to an activating group) is 1. The van der Waals surface area contributed by atoms with Crippen LogP contribution in [0.5, 0.6) is 0 Å². The number of hydrogen-bond acceptors (Lipinski definition) is 3. The van der Waals surface area contributed by atoms with Crippen LogP contribution in [0.1, 0.15) is 29.2 Å². The van der Waals surface area contributed by atoms with Crippen molar-refractivity contribution in [3.8, 4) is 0 Å². The lowest BCUT2D eigenvalue weighted by Crippen LogP contribution is -2.31. The van der Waals surface area contributed by atoms with Crippen molar-refractivity contribution in [2.24, 2.45) is 5.73 Å². The van der Waals surface area contributed by atoms with Crippen LogP contribution in [0.25, 0.3) is 0 Å². The molecule has 0 aromatic heterocycles. The monoisotopic (exact) mass is 263 g/mol. The minimum absolute atomic E-state index is 0.101. The number of aryl methyl sites for hydroxylation is 2. The Balaban J connectivity index is 2.44. The van der Waals surface area contributed by atoms with E-state index in [0.29, 0.717) is 0 Å². The van der Waals surface area contributed by atoms with Crippen LogP contribution >= 0.6 is 0 Å². The molecule has 0 aliphatic heterocycles. The van der Waals surface area contributed by atoms with Gasteiger partial charge in [0.25, 0.3) is 0 Å². The Labute approximate surface area is 118 Å². The molecule has 0 heterocycles. The first kappa shape index (κ1) is 16.2. The summed E-state index contributed by atoms with van der Waals surface area (Å²) in [5.74, 6) is 0. The van der Waals surface area contributed by atoms with Gasteiger partial charge in [0.1, 0.15) is 0 Å².